The first kappa shape index (κ1) is 34.1. The molecule has 3 N–H and O–H groups in total. The molecule has 0 aliphatic carbocycles. The fourth-order valence-electron chi connectivity index (χ4n) is 7.55. The average Bonchev–Trinajstić information content (AvgIpc) is 3.75. The number of hydrogen-bond acceptors (Lipinski definition) is 8. The van der Waals surface area contributed by atoms with Crippen molar-refractivity contribution in [1.29, 1.82) is 0 Å². The minimum absolute atomic E-state index is 0.146. The van der Waals surface area contributed by atoms with Crippen LogP contribution in [0.2, 0.25) is 0 Å². The zero-order valence-corrected chi connectivity index (χ0v) is 28.9. The van der Waals surface area contributed by atoms with E-state index in [1.807, 2.05) is 72.8 Å². The number of rotatable bonds is 10. The monoisotopic (exact) mass is 689 g/mol. The fraction of sp³-hybridized carbons (Fsp3) is 0.359. The van der Waals surface area contributed by atoms with Gasteiger partial charge in [-0.05, 0) is 67.3 Å². The number of benzene rings is 3. The lowest BCUT2D eigenvalue weighted by Gasteiger charge is -2.38. The predicted molar refractivity (Wildman–Crippen MR) is 192 cm³/mol. The van der Waals surface area contributed by atoms with Crippen LogP contribution in [0.1, 0.15) is 76.0 Å². The summed E-state index contributed by atoms with van der Waals surface area (Å²) in [4.78, 5) is 57.3. The quantitative estimate of drug-likeness (QED) is 0.207. The molecule has 4 aromatic rings. The zero-order chi connectivity index (χ0) is 35.5. The van der Waals surface area contributed by atoms with Crippen LogP contribution in [0.4, 0.5) is 11.5 Å². The van der Waals surface area contributed by atoms with Crippen LogP contribution in [0.5, 0.6) is 0 Å². The molecule has 1 unspecified atom stereocenters. The molecule has 2 atom stereocenters. The van der Waals surface area contributed by atoms with Crippen molar-refractivity contribution in [3.8, 4) is 0 Å². The van der Waals surface area contributed by atoms with Crippen LogP contribution in [0.3, 0.4) is 0 Å². The molecule has 51 heavy (non-hydrogen) atoms. The van der Waals surface area contributed by atoms with Crippen LogP contribution in [-0.4, -0.2) is 76.9 Å². The van der Waals surface area contributed by atoms with Crippen molar-refractivity contribution in [3.05, 3.63) is 112 Å². The average molecular weight is 690 g/mol. The van der Waals surface area contributed by atoms with E-state index in [0.717, 1.165) is 66.1 Å². The van der Waals surface area contributed by atoms with Gasteiger partial charge in [-0.2, -0.15) is 5.10 Å². The number of methoxy groups -OCH3 is 1. The summed E-state index contributed by atoms with van der Waals surface area (Å²) in [6, 6.07) is 25.5. The molecule has 7 rings (SSSR count). The van der Waals surface area contributed by atoms with E-state index in [-0.39, 0.29) is 29.5 Å². The molecule has 0 radical (unpaired) electrons. The molecular formula is C39H43N7O5. The lowest BCUT2D eigenvalue weighted by atomic mass is 9.87. The number of hydrogen-bond donors (Lipinski definition) is 3. The van der Waals surface area contributed by atoms with Gasteiger partial charge in [0.1, 0.15) is 0 Å². The van der Waals surface area contributed by atoms with Crippen molar-refractivity contribution < 1.29 is 23.9 Å². The maximum absolute atomic E-state index is 13.3. The van der Waals surface area contributed by atoms with Gasteiger partial charge < -0.3 is 19.9 Å². The van der Waals surface area contributed by atoms with Crippen LogP contribution in [0.15, 0.2) is 78.9 Å². The number of nitrogens with one attached hydrogen (secondary N) is 3. The number of H-pyrrole nitrogens is 1. The van der Waals surface area contributed by atoms with E-state index in [4.69, 9.17) is 4.74 Å². The number of nitrogens with zero attached hydrogens (tertiary/aromatic N) is 4. The van der Waals surface area contributed by atoms with Crippen LogP contribution in [0, 0.1) is 0 Å². The summed E-state index contributed by atoms with van der Waals surface area (Å²) in [6.45, 7) is 3.19. The van der Waals surface area contributed by atoms with Crippen LogP contribution in [0.25, 0.3) is 0 Å². The third kappa shape index (κ3) is 7.28. The van der Waals surface area contributed by atoms with Crippen molar-refractivity contribution in [2.24, 2.45) is 0 Å². The summed E-state index contributed by atoms with van der Waals surface area (Å²) in [5, 5.41) is 12.7. The molecule has 1 aromatic heterocycles. The van der Waals surface area contributed by atoms with E-state index in [2.05, 4.69) is 43.7 Å². The summed E-state index contributed by atoms with van der Waals surface area (Å²) in [5.74, 6) is -0.688. The van der Waals surface area contributed by atoms with Gasteiger partial charge in [0, 0.05) is 56.0 Å². The van der Waals surface area contributed by atoms with Crippen molar-refractivity contribution in [1.82, 2.24) is 25.3 Å². The lowest BCUT2D eigenvalue weighted by Crippen LogP contribution is -2.43. The van der Waals surface area contributed by atoms with Gasteiger partial charge in [0.25, 0.3) is 11.8 Å². The third-order valence-electron chi connectivity index (χ3n) is 10.4. The first-order valence-corrected chi connectivity index (χ1v) is 17.5. The Morgan fingerprint density at radius 2 is 1.69 bits per heavy atom. The molecule has 12 nitrogen and oxygen atoms in total. The highest BCUT2D eigenvalue weighted by Crippen LogP contribution is 2.32. The maximum atomic E-state index is 13.3. The highest BCUT2D eigenvalue weighted by atomic mass is 16.5. The van der Waals surface area contributed by atoms with Gasteiger partial charge in [-0.15, -0.1) is 0 Å². The van der Waals surface area contributed by atoms with Crippen molar-refractivity contribution in [3.63, 3.8) is 0 Å². The Kier molecular flexibility index (Phi) is 9.96. The van der Waals surface area contributed by atoms with Gasteiger partial charge in [0.05, 0.1) is 24.7 Å². The van der Waals surface area contributed by atoms with E-state index in [1.165, 1.54) is 7.11 Å². The predicted octanol–water partition coefficient (Wildman–Crippen LogP) is 4.51. The standard InChI is InChI=1S/C39H43N7O5/c1-44(22-27-10-6-7-11-30(27)31-16-17-34(47)40-38(31)49)28-18-20-45(21-19-28)29-14-12-26(13-15-29)37(48)41-36-32-23-46(24-33(32)42-43-36)39(50)35(51-2)25-8-4-3-5-9-25/h3-15,28,31,35H,16-24H2,1-2H3,(H,40,47,49)(H2,41,42,43,48)/t31?,35-/m1/s1. The van der Waals surface area contributed by atoms with E-state index < -0.39 is 6.10 Å². The number of fused-ring (bicyclic) bond motifs is 1. The number of anilines is 2. The maximum Gasteiger partial charge on any atom is 0.256 e. The second kappa shape index (κ2) is 14.9. The smallest absolute Gasteiger partial charge is 0.256 e. The van der Waals surface area contributed by atoms with E-state index in [0.29, 0.717) is 43.4 Å². The molecule has 0 spiro atoms. The Balaban J connectivity index is 0.916. The molecule has 2 fully saturated rings. The van der Waals surface area contributed by atoms with E-state index >= 15 is 0 Å². The number of imide groups is 1. The topological polar surface area (TPSA) is 140 Å². The van der Waals surface area contributed by atoms with Crippen molar-refractivity contribution >= 4 is 35.1 Å². The molecule has 3 aliphatic heterocycles. The lowest BCUT2D eigenvalue weighted by molar-refractivity contribution is -0.143. The van der Waals surface area contributed by atoms with Crippen LogP contribution < -0.4 is 15.5 Å². The van der Waals surface area contributed by atoms with Crippen LogP contribution in [-0.2, 0) is 38.8 Å². The van der Waals surface area contributed by atoms with E-state index in [1.54, 1.807) is 4.90 Å². The van der Waals surface area contributed by atoms with Gasteiger partial charge >= 0.3 is 0 Å². The molecule has 2 saturated heterocycles. The largest absolute Gasteiger partial charge is 0.371 e. The van der Waals surface area contributed by atoms with Crippen LogP contribution >= 0.6 is 0 Å². The second-order valence-electron chi connectivity index (χ2n) is 13.6. The van der Waals surface area contributed by atoms with Crippen molar-refractivity contribution in [2.45, 2.75) is 63.4 Å². The number of amides is 4. The van der Waals surface area contributed by atoms with Gasteiger partial charge in [-0.3, -0.25) is 34.5 Å². The molecule has 4 heterocycles. The van der Waals surface area contributed by atoms with Gasteiger partial charge in [0.2, 0.25) is 11.8 Å². The van der Waals surface area contributed by atoms with E-state index in [9.17, 15) is 19.2 Å². The molecule has 12 heteroatoms. The number of aromatic nitrogens is 2. The highest BCUT2D eigenvalue weighted by molar-refractivity contribution is 6.04. The number of aromatic amines is 1. The minimum Gasteiger partial charge on any atom is -0.371 e. The number of carbonyl (C=O) groups is 4. The molecule has 3 aromatic carbocycles. The summed E-state index contributed by atoms with van der Waals surface area (Å²) in [6.07, 6.45) is 2.17. The van der Waals surface area contributed by atoms with Crippen molar-refractivity contribution in [2.75, 3.05) is 37.5 Å². The molecule has 0 saturated carbocycles. The summed E-state index contributed by atoms with van der Waals surface area (Å²) < 4.78 is 5.55. The Bertz CT molecular complexity index is 1900. The third-order valence-corrected chi connectivity index (χ3v) is 10.4. The van der Waals surface area contributed by atoms with Gasteiger partial charge in [-0.1, -0.05) is 54.6 Å². The zero-order valence-electron chi connectivity index (χ0n) is 28.9. The Labute approximate surface area is 297 Å². The second-order valence-corrected chi connectivity index (χ2v) is 13.6. The normalized spacial score (nSPS) is 18.5. The molecule has 264 valence electrons. The first-order chi connectivity index (χ1) is 24.8. The first-order valence-electron chi connectivity index (χ1n) is 17.5. The summed E-state index contributed by atoms with van der Waals surface area (Å²) in [5.41, 5.74) is 6.10. The summed E-state index contributed by atoms with van der Waals surface area (Å²) in [7, 11) is 3.67. The summed E-state index contributed by atoms with van der Waals surface area (Å²) >= 11 is 0. The molecular weight excluding hydrogens is 646 g/mol. The Morgan fingerprint density at radius 3 is 2.41 bits per heavy atom. The SMILES string of the molecule is CO[C@@H](C(=O)N1Cc2[nH]nc(NC(=O)c3ccc(N4CCC(N(C)Cc5ccccc5C5CCC(=O)NC5=O)CC4)cc3)c2C1)c1ccccc1. The Hall–Kier alpha value is -5.33. The van der Waals surface area contributed by atoms with Gasteiger partial charge in [-0.25, -0.2) is 0 Å². The molecule has 0 bridgehead atoms. The number of ether oxygens (including phenoxy) is 1. The van der Waals surface area contributed by atoms with Gasteiger partial charge in [0.15, 0.2) is 11.9 Å². The minimum atomic E-state index is -0.708. The highest BCUT2D eigenvalue weighted by Gasteiger charge is 2.34. The molecule has 4 amide bonds. The number of piperidine rings is 2. The molecule has 3 aliphatic rings. The fourth-order valence-corrected chi connectivity index (χ4v) is 7.55. The number of carbonyl (C=O) groups excluding carboxylic acids is 4. The Morgan fingerprint density at radius 1 is 0.961 bits per heavy atom.